The molecule has 2 unspecified atom stereocenters. The summed E-state index contributed by atoms with van der Waals surface area (Å²) in [5.74, 6) is 0.124. The van der Waals surface area contributed by atoms with Crippen molar-refractivity contribution in [3.05, 3.63) is 42.1 Å². The Balaban J connectivity index is 1.57. The average Bonchev–Trinajstić information content (AvgIpc) is 2.64. The van der Waals surface area contributed by atoms with E-state index in [1.54, 1.807) is 6.20 Å². The van der Waals surface area contributed by atoms with Crippen LogP contribution in [0.5, 0.6) is 0 Å². The molecule has 1 amide bonds. The first kappa shape index (κ1) is 18.9. The molecule has 0 N–H and O–H groups in total. The number of Topliss-reactive ketones (excluding diaryl/α,β-unsaturated/α-hetero) is 1. The van der Waals surface area contributed by atoms with Gasteiger partial charge in [0.25, 0.3) is 0 Å². The summed E-state index contributed by atoms with van der Waals surface area (Å²) in [5, 5.41) is 0.912. The maximum Gasteiger partial charge on any atom is 0.410 e. The summed E-state index contributed by atoms with van der Waals surface area (Å²) in [6.45, 7) is 5.68. The molecule has 2 fully saturated rings. The van der Waals surface area contributed by atoms with Crippen molar-refractivity contribution in [2.75, 3.05) is 0 Å². The molecule has 28 heavy (non-hydrogen) atoms. The van der Waals surface area contributed by atoms with E-state index in [1.165, 1.54) is 0 Å². The van der Waals surface area contributed by atoms with Gasteiger partial charge in [0.1, 0.15) is 5.60 Å². The van der Waals surface area contributed by atoms with E-state index < -0.39 is 5.60 Å². The minimum absolute atomic E-state index is 0.0557. The number of piperidine rings is 2. The van der Waals surface area contributed by atoms with Crippen LogP contribution in [0.2, 0.25) is 0 Å². The second-order valence-electron chi connectivity index (χ2n) is 9.03. The lowest BCUT2D eigenvalue weighted by atomic mass is 9.75. The predicted molar refractivity (Wildman–Crippen MR) is 108 cm³/mol. The molecule has 4 rings (SSSR count). The summed E-state index contributed by atoms with van der Waals surface area (Å²) in [6.07, 6.45) is 5.89. The molecule has 2 atom stereocenters. The molecular weight excluding hydrogens is 352 g/mol. The van der Waals surface area contributed by atoms with Crippen LogP contribution in [0.25, 0.3) is 10.9 Å². The number of fused-ring (bicyclic) bond motifs is 3. The van der Waals surface area contributed by atoms with Gasteiger partial charge in [-0.05, 0) is 65.0 Å². The number of aromatic nitrogens is 1. The number of hydrogen-bond donors (Lipinski definition) is 0. The van der Waals surface area contributed by atoms with Crippen LogP contribution in [-0.4, -0.2) is 39.4 Å². The molecule has 0 spiro atoms. The molecule has 2 aromatic rings. The molecule has 1 aromatic heterocycles. The number of pyridine rings is 1. The Morgan fingerprint density at radius 3 is 2.43 bits per heavy atom. The predicted octanol–water partition coefficient (Wildman–Crippen LogP) is 4.99. The number of nitrogens with zero attached hydrogens (tertiary/aromatic N) is 2. The summed E-state index contributed by atoms with van der Waals surface area (Å²) in [4.78, 5) is 32.4. The van der Waals surface area contributed by atoms with Crippen LogP contribution in [0, 0.1) is 5.92 Å². The molecule has 0 saturated carbocycles. The number of ether oxygens (including phenoxy) is 1. The number of carbonyl (C=O) groups is 2. The van der Waals surface area contributed by atoms with E-state index in [0.717, 1.165) is 35.7 Å². The molecule has 0 aliphatic carbocycles. The van der Waals surface area contributed by atoms with E-state index >= 15 is 0 Å². The fourth-order valence-electron chi connectivity index (χ4n) is 4.74. The lowest BCUT2D eigenvalue weighted by molar-refractivity contribution is -0.0260. The number of ketones is 1. The fraction of sp³-hybridized carbons (Fsp3) is 0.522. The quantitative estimate of drug-likeness (QED) is 0.689. The Bertz CT molecular complexity index is 883. The maximum atomic E-state index is 13.4. The van der Waals surface area contributed by atoms with E-state index in [-0.39, 0.29) is 29.9 Å². The van der Waals surface area contributed by atoms with E-state index in [1.807, 2.05) is 56.0 Å². The first-order valence-electron chi connectivity index (χ1n) is 10.2. The minimum atomic E-state index is -0.506. The van der Waals surface area contributed by atoms with Crippen LogP contribution in [0.1, 0.15) is 63.2 Å². The number of para-hydroxylation sites is 1. The van der Waals surface area contributed by atoms with Gasteiger partial charge >= 0.3 is 6.09 Å². The molecule has 2 aliphatic rings. The largest absolute Gasteiger partial charge is 0.444 e. The Labute approximate surface area is 166 Å². The first-order chi connectivity index (χ1) is 13.3. The van der Waals surface area contributed by atoms with Crippen molar-refractivity contribution >= 4 is 22.8 Å². The fourth-order valence-corrected chi connectivity index (χ4v) is 4.74. The van der Waals surface area contributed by atoms with Gasteiger partial charge in [0.05, 0.1) is 5.52 Å². The SMILES string of the molecule is CC(C)(C)OC(=O)N1C2CCCC1CC(C(=O)c1ccnc3ccccc13)C2. The minimum Gasteiger partial charge on any atom is -0.444 e. The third kappa shape index (κ3) is 3.62. The summed E-state index contributed by atoms with van der Waals surface area (Å²) in [7, 11) is 0. The summed E-state index contributed by atoms with van der Waals surface area (Å²) in [5.41, 5.74) is 1.09. The normalized spacial score (nSPS) is 24.8. The maximum absolute atomic E-state index is 13.4. The van der Waals surface area contributed by atoms with Crippen LogP contribution in [0.3, 0.4) is 0 Å². The molecule has 5 nitrogen and oxygen atoms in total. The summed E-state index contributed by atoms with van der Waals surface area (Å²) < 4.78 is 5.65. The van der Waals surface area contributed by atoms with Crippen molar-refractivity contribution in [1.29, 1.82) is 0 Å². The number of carbonyl (C=O) groups excluding carboxylic acids is 2. The Morgan fingerprint density at radius 1 is 1.07 bits per heavy atom. The van der Waals surface area contributed by atoms with Gasteiger partial charge in [-0.1, -0.05) is 18.2 Å². The molecule has 2 bridgehead atoms. The Kier molecular flexibility index (Phi) is 4.86. The topological polar surface area (TPSA) is 59.5 Å². The van der Waals surface area contributed by atoms with Gasteiger partial charge in [0.15, 0.2) is 5.78 Å². The smallest absolute Gasteiger partial charge is 0.410 e. The van der Waals surface area contributed by atoms with Gasteiger partial charge in [-0.15, -0.1) is 0 Å². The highest BCUT2D eigenvalue weighted by Gasteiger charge is 2.44. The number of amides is 1. The van der Waals surface area contributed by atoms with Crippen LogP contribution in [-0.2, 0) is 4.74 Å². The lowest BCUT2D eigenvalue weighted by Gasteiger charge is -2.48. The molecule has 148 valence electrons. The van der Waals surface area contributed by atoms with Gasteiger partial charge in [0, 0.05) is 35.1 Å². The zero-order valence-corrected chi connectivity index (χ0v) is 16.9. The average molecular weight is 380 g/mol. The number of rotatable bonds is 2. The van der Waals surface area contributed by atoms with Crippen molar-refractivity contribution < 1.29 is 14.3 Å². The highest BCUT2D eigenvalue weighted by Crippen LogP contribution is 2.39. The number of benzene rings is 1. The Morgan fingerprint density at radius 2 is 1.75 bits per heavy atom. The molecule has 2 saturated heterocycles. The zero-order chi connectivity index (χ0) is 19.9. The van der Waals surface area contributed by atoms with Crippen LogP contribution in [0.4, 0.5) is 4.79 Å². The molecule has 5 heteroatoms. The summed E-state index contributed by atoms with van der Waals surface area (Å²) >= 11 is 0. The molecule has 3 heterocycles. The van der Waals surface area contributed by atoms with E-state index in [2.05, 4.69) is 4.98 Å². The van der Waals surface area contributed by atoms with Crippen molar-refractivity contribution in [1.82, 2.24) is 9.88 Å². The molecule has 1 aromatic carbocycles. The van der Waals surface area contributed by atoms with Crippen molar-refractivity contribution in [3.63, 3.8) is 0 Å². The van der Waals surface area contributed by atoms with Crippen molar-refractivity contribution in [3.8, 4) is 0 Å². The first-order valence-corrected chi connectivity index (χ1v) is 10.2. The van der Waals surface area contributed by atoms with Crippen molar-refractivity contribution in [2.45, 2.75) is 70.6 Å². The van der Waals surface area contributed by atoms with Gasteiger partial charge in [0.2, 0.25) is 0 Å². The van der Waals surface area contributed by atoms with E-state index in [9.17, 15) is 9.59 Å². The molecular formula is C23H28N2O3. The Hall–Kier alpha value is -2.43. The lowest BCUT2D eigenvalue weighted by Crippen LogP contribution is -2.56. The third-order valence-corrected chi connectivity index (χ3v) is 5.86. The highest BCUT2D eigenvalue weighted by atomic mass is 16.6. The standard InChI is InChI=1S/C23H28N2O3/c1-23(2,3)28-22(27)25-16-7-6-8-17(25)14-15(13-16)21(26)19-11-12-24-20-10-5-4-9-18(19)20/h4-5,9-12,15-17H,6-8,13-14H2,1-3H3. The number of hydrogen-bond acceptors (Lipinski definition) is 4. The van der Waals surface area contributed by atoms with Crippen LogP contribution >= 0.6 is 0 Å². The summed E-state index contributed by atoms with van der Waals surface area (Å²) in [6, 6.07) is 9.79. The van der Waals surface area contributed by atoms with Gasteiger partial charge in [-0.25, -0.2) is 4.79 Å². The van der Waals surface area contributed by atoms with Gasteiger partial charge in [-0.2, -0.15) is 0 Å². The molecule has 0 radical (unpaired) electrons. The molecule has 2 aliphatic heterocycles. The van der Waals surface area contributed by atoms with E-state index in [4.69, 9.17) is 4.74 Å². The van der Waals surface area contributed by atoms with Crippen LogP contribution in [0.15, 0.2) is 36.5 Å². The van der Waals surface area contributed by atoms with E-state index in [0.29, 0.717) is 12.8 Å². The zero-order valence-electron chi connectivity index (χ0n) is 16.9. The third-order valence-electron chi connectivity index (χ3n) is 5.86. The second kappa shape index (κ2) is 7.19. The van der Waals surface area contributed by atoms with Crippen molar-refractivity contribution in [2.24, 2.45) is 5.92 Å². The van der Waals surface area contributed by atoms with Gasteiger partial charge in [-0.3, -0.25) is 9.78 Å². The van der Waals surface area contributed by atoms with Gasteiger partial charge < -0.3 is 9.64 Å². The highest BCUT2D eigenvalue weighted by molar-refractivity contribution is 6.08. The van der Waals surface area contributed by atoms with Crippen LogP contribution < -0.4 is 0 Å². The monoisotopic (exact) mass is 380 g/mol. The second-order valence-corrected chi connectivity index (χ2v) is 9.03.